The molecule has 148 valence electrons. The van der Waals surface area contributed by atoms with E-state index in [0.29, 0.717) is 12.4 Å². The van der Waals surface area contributed by atoms with Gasteiger partial charge in [-0.05, 0) is 62.3 Å². The van der Waals surface area contributed by atoms with Crippen molar-refractivity contribution in [1.29, 1.82) is 0 Å². The minimum Gasteiger partial charge on any atom is -0.371 e. The van der Waals surface area contributed by atoms with Crippen LogP contribution >= 0.6 is 0 Å². The number of aromatic nitrogens is 2. The van der Waals surface area contributed by atoms with Crippen LogP contribution in [-0.4, -0.2) is 35.0 Å². The lowest BCUT2D eigenvalue weighted by Crippen LogP contribution is -2.41. The number of anilines is 2. The van der Waals surface area contributed by atoms with Gasteiger partial charge in [-0.15, -0.1) is 0 Å². The predicted molar refractivity (Wildman–Crippen MR) is 113 cm³/mol. The van der Waals surface area contributed by atoms with Crippen LogP contribution in [0, 0.1) is 6.92 Å². The van der Waals surface area contributed by atoms with E-state index in [1.807, 2.05) is 4.90 Å². The van der Waals surface area contributed by atoms with E-state index in [2.05, 4.69) is 40.0 Å². The van der Waals surface area contributed by atoms with Gasteiger partial charge >= 0.3 is 0 Å². The zero-order chi connectivity index (χ0) is 19.3. The quantitative estimate of drug-likeness (QED) is 0.779. The second kappa shape index (κ2) is 8.72. The summed E-state index contributed by atoms with van der Waals surface area (Å²) in [6.07, 6.45) is 12.1. The summed E-state index contributed by atoms with van der Waals surface area (Å²) in [7, 11) is 0. The minimum atomic E-state index is 0.100. The van der Waals surface area contributed by atoms with E-state index in [1.165, 1.54) is 43.4 Å². The molecule has 28 heavy (non-hydrogen) atoms. The van der Waals surface area contributed by atoms with E-state index in [0.717, 1.165) is 31.5 Å². The van der Waals surface area contributed by atoms with Crippen LogP contribution in [0.15, 0.2) is 36.7 Å². The van der Waals surface area contributed by atoms with Crippen molar-refractivity contribution in [3.63, 3.8) is 0 Å². The van der Waals surface area contributed by atoms with Crippen LogP contribution in [0.25, 0.3) is 0 Å². The van der Waals surface area contributed by atoms with Crippen LogP contribution in [0.5, 0.6) is 0 Å². The van der Waals surface area contributed by atoms with Gasteiger partial charge in [-0.25, -0.2) is 9.97 Å². The number of carbonyl (C=O) groups excluding carboxylic acids is 1. The summed E-state index contributed by atoms with van der Waals surface area (Å²) >= 11 is 0. The highest BCUT2D eigenvalue weighted by atomic mass is 16.2. The van der Waals surface area contributed by atoms with Gasteiger partial charge in [-0.1, -0.05) is 25.0 Å². The zero-order valence-electron chi connectivity index (χ0n) is 16.8. The Morgan fingerprint density at radius 1 is 1.07 bits per heavy atom. The number of carbonyl (C=O) groups is 1. The number of aryl methyl sites for hydroxylation is 1. The molecule has 1 aromatic carbocycles. The van der Waals surface area contributed by atoms with Crippen molar-refractivity contribution in [3.8, 4) is 0 Å². The molecule has 0 bridgehead atoms. The van der Waals surface area contributed by atoms with E-state index < -0.39 is 0 Å². The molecule has 1 amide bonds. The molecule has 5 nitrogen and oxygen atoms in total. The van der Waals surface area contributed by atoms with Gasteiger partial charge in [0.15, 0.2) is 0 Å². The lowest BCUT2D eigenvalue weighted by Gasteiger charge is -2.30. The first-order chi connectivity index (χ1) is 13.7. The Labute approximate surface area is 167 Å². The third kappa shape index (κ3) is 4.18. The normalized spacial score (nSPS) is 17.7. The standard InChI is InChI=1S/C23H30N4O/c1-18-16-19(10-11-21(18)26-14-5-2-6-15-26)17-22(28)27(20-8-3-4-9-20)23-24-12-7-13-25-23/h7,10-13,16,20H,2-6,8-9,14-15,17H2,1H3. The highest BCUT2D eigenvalue weighted by Crippen LogP contribution is 2.28. The molecule has 0 radical (unpaired) electrons. The largest absolute Gasteiger partial charge is 0.371 e. The molecule has 4 rings (SSSR count). The first-order valence-electron chi connectivity index (χ1n) is 10.7. The van der Waals surface area contributed by atoms with Crippen molar-refractivity contribution in [1.82, 2.24) is 9.97 Å². The fraction of sp³-hybridized carbons (Fsp3) is 0.522. The van der Waals surface area contributed by atoms with Gasteiger partial charge in [-0.2, -0.15) is 0 Å². The number of benzene rings is 1. The van der Waals surface area contributed by atoms with Gasteiger partial charge < -0.3 is 4.90 Å². The summed E-state index contributed by atoms with van der Waals surface area (Å²) in [6, 6.07) is 8.52. The van der Waals surface area contributed by atoms with Gasteiger partial charge in [0.1, 0.15) is 0 Å². The third-order valence-electron chi connectivity index (χ3n) is 6.04. The fourth-order valence-corrected chi connectivity index (χ4v) is 4.63. The van der Waals surface area contributed by atoms with E-state index in [1.54, 1.807) is 18.5 Å². The number of hydrogen-bond donors (Lipinski definition) is 0. The van der Waals surface area contributed by atoms with Crippen LogP contribution in [0.4, 0.5) is 11.6 Å². The van der Waals surface area contributed by atoms with Crippen LogP contribution in [0.2, 0.25) is 0 Å². The molecule has 0 atom stereocenters. The molecule has 2 heterocycles. The van der Waals surface area contributed by atoms with Crippen LogP contribution in [-0.2, 0) is 11.2 Å². The molecule has 2 aromatic rings. The molecule has 0 N–H and O–H groups in total. The topological polar surface area (TPSA) is 49.3 Å². The molecule has 1 saturated heterocycles. The Morgan fingerprint density at radius 3 is 2.46 bits per heavy atom. The fourth-order valence-electron chi connectivity index (χ4n) is 4.63. The molecular formula is C23H30N4O. The van der Waals surface area contributed by atoms with Crippen molar-refractivity contribution in [3.05, 3.63) is 47.8 Å². The van der Waals surface area contributed by atoms with Crippen molar-refractivity contribution in [2.45, 2.75) is 64.3 Å². The van der Waals surface area contributed by atoms with Gasteiger partial charge in [0.2, 0.25) is 11.9 Å². The Hall–Kier alpha value is -2.43. The van der Waals surface area contributed by atoms with Gasteiger partial charge in [0, 0.05) is 37.2 Å². The Balaban J connectivity index is 1.51. The second-order valence-corrected chi connectivity index (χ2v) is 8.10. The summed E-state index contributed by atoms with van der Waals surface area (Å²) in [4.78, 5) is 26.3. The van der Waals surface area contributed by atoms with Crippen molar-refractivity contribution in [2.24, 2.45) is 0 Å². The highest BCUT2D eigenvalue weighted by molar-refractivity contribution is 5.93. The maximum atomic E-state index is 13.2. The molecule has 1 aliphatic carbocycles. The smallest absolute Gasteiger partial charge is 0.234 e. The molecule has 0 spiro atoms. The number of piperidine rings is 1. The minimum absolute atomic E-state index is 0.100. The first kappa shape index (κ1) is 18.9. The van der Waals surface area contributed by atoms with Crippen molar-refractivity contribution in [2.75, 3.05) is 22.9 Å². The predicted octanol–water partition coefficient (Wildman–Crippen LogP) is 4.29. The molecule has 2 aliphatic rings. The second-order valence-electron chi connectivity index (χ2n) is 8.10. The zero-order valence-corrected chi connectivity index (χ0v) is 16.8. The summed E-state index contributed by atoms with van der Waals surface area (Å²) < 4.78 is 0. The Morgan fingerprint density at radius 2 is 1.79 bits per heavy atom. The van der Waals surface area contributed by atoms with Crippen LogP contribution in [0.3, 0.4) is 0 Å². The average Bonchev–Trinajstić information content (AvgIpc) is 3.24. The number of nitrogens with zero attached hydrogens (tertiary/aromatic N) is 4. The summed E-state index contributed by atoms with van der Waals surface area (Å²) in [5.41, 5.74) is 3.65. The monoisotopic (exact) mass is 378 g/mol. The number of rotatable bonds is 5. The molecule has 2 fully saturated rings. The summed E-state index contributed by atoms with van der Waals surface area (Å²) in [5, 5.41) is 0. The van der Waals surface area contributed by atoms with E-state index in [-0.39, 0.29) is 11.9 Å². The third-order valence-corrected chi connectivity index (χ3v) is 6.04. The average molecular weight is 379 g/mol. The van der Waals surface area contributed by atoms with Crippen molar-refractivity contribution >= 4 is 17.5 Å². The van der Waals surface area contributed by atoms with E-state index >= 15 is 0 Å². The lowest BCUT2D eigenvalue weighted by atomic mass is 10.0. The maximum absolute atomic E-state index is 13.2. The first-order valence-corrected chi connectivity index (χ1v) is 10.7. The van der Waals surface area contributed by atoms with Gasteiger partial charge in [-0.3, -0.25) is 9.69 Å². The van der Waals surface area contributed by atoms with Crippen molar-refractivity contribution < 1.29 is 4.79 Å². The molecule has 5 heteroatoms. The van der Waals surface area contributed by atoms with Crippen LogP contribution in [0.1, 0.15) is 56.1 Å². The van der Waals surface area contributed by atoms with E-state index in [4.69, 9.17) is 0 Å². The SMILES string of the molecule is Cc1cc(CC(=O)N(c2ncccn2)C2CCCC2)ccc1N1CCCCC1. The van der Waals surface area contributed by atoms with Crippen LogP contribution < -0.4 is 9.80 Å². The summed E-state index contributed by atoms with van der Waals surface area (Å²) in [6.45, 7) is 4.44. The van der Waals surface area contributed by atoms with Gasteiger partial charge in [0.25, 0.3) is 0 Å². The van der Waals surface area contributed by atoms with E-state index in [9.17, 15) is 4.79 Å². The lowest BCUT2D eigenvalue weighted by molar-refractivity contribution is -0.118. The molecule has 1 aromatic heterocycles. The Bertz CT molecular complexity index is 796. The molecule has 1 aliphatic heterocycles. The molecular weight excluding hydrogens is 348 g/mol. The number of hydrogen-bond acceptors (Lipinski definition) is 4. The molecule has 1 saturated carbocycles. The Kier molecular flexibility index (Phi) is 5.89. The maximum Gasteiger partial charge on any atom is 0.234 e. The summed E-state index contributed by atoms with van der Waals surface area (Å²) in [5.74, 6) is 0.643. The molecule has 0 unspecified atom stereocenters. The highest BCUT2D eigenvalue weighted by Gasteiger charge is 2.29. The number of amides is 1. The van der Waals surface area contributed by atoms with Gasteiger partial charge in [0.05, 0.1) is 6.42 Å².